The largest absolute Gasteiger partial charge is 0.445 e. The van der Waals surface area contributed by atoms with Gasteiger partial charge >= 0.3 is 5.97 Å². The molecule has 7 heteroatoms. The molecule has 0 radical (unpaired) electrons. The minimum atomic E-state index is -1.18. The van der Waals surface area contributed by atoms with E-state index >= 15 is 0 Å². The third-order valence-corrected chi connectivity index (χ3v) is 4.32. The zero-order valence-electron chi connectivity index (χ0n) is 14.4. The van der Waals surface area contributed by atoms with Crippen molar-refractivity contribution in [2.24, 2.45) is 0 Å². The summed E-state index contributed by atoms with van der Waals surface area (Å²) in [6.45, 7) is 0. The van der Waals surface area contributed by atoms with Gasteiger partial charge in [0.2, 0.25) is 5.78 Å². The second kappa shape index (κ2) is 8.45. The van der Waals surface area contributed by atoms with Crippen LogP contribution in [0.2, 0.25) is 5.02 Å². The lowest BCUT2D eigenvalue weighted by atomic mass is 10.00. The SMILES string of the molecule is O=C(O[C@@H](C(=O)c1ccccc1)c1ccccc1)c1ccc([N+](=O)[O-])cc1Cl. The summed E-state index contributed by atoms with van der Waals surface area (Å²) >= 11 is 6.00. The molecule has 6 nitrogen and oxygen atoms in total. The van der Waals surface area contributed by atoms with Crippen LogP contribution in [0.15, 0.2) is 78.9 Å². The maximum Gasteiger partial charge on any atom is 0.340 e. The second-order valence-corrected chi connectivity index (χ2v) is 6.25. The van der Waals surface area contributed by atoms with Crippen molar-refractivity contribution < 1.29 is 19.2 Å². The maximum absolute atomic E-state index is 12.9. The number of halogens is 1. The highest BCUT2D eigenvalue weighted by Crippen LogP contribution is 2.27. The molecule has 3 aromatic rings. The second-order valence-electron chi connectivity index (χ2n) is 5.85. The predicted octanol–water partition coefficient (Wildman–Crippen LogP) is 5.03. The Morgan fingerprint density at radius 3 is 2.11 bits per heavy atom. The number of hydrogen-bond acceptors (Lipinski definition) is 5. The van der Waals surface area contributed by atoms with Gasteiger partial charge in [-0.1, -0.05) is 72.3 Å². The Labute approximate surface area is 165 Å². The standard InChI is InChI=1S/C21H14ClNO5/c22-18-13-16(23(26)27)11-12-17(18)21(25)28-20(15-9-5-2-6-10-15)19(24)14-7-3-1-4-8-14/h1-13,20H/t20-/m1/s1. The molecular weight excluding hydrogens is 382 g/mol. The third kappa shape index (κ3) is 4.24. The van der Waals surface area contributed by atoms with Gasteiger partial charge in [0.25, 0.3) is 5.69 Å². The quantitative estimate of drug-likeness (QED) is 0.253. The highest BCUT2D eigenvalue weighted by Gasteiger charge is 2.27. The molecule has 0 bridgehead atoms. The number of hydrogen-bond donors (Lipinski definition) is 0. The fourth-order valence-corrected chi connectivity index (χ4v) is 2.86. The Kier molecular flexibility index (Phi) is 5.81. The number of benzene rings is 3. The van der Waals surface area contributed by atoms with Crippen LogP contribution in [-0.4, -0.2) is 16.7 Å². The van der Waals surface area contributed by atoms with Crippen molar-refractivity contribution in [3.63, 3.8) is 0 Å². The lowest BCUT2D eigenvalue weighted by Gasteiger charge is -2.18. The molecule has 0 saturated heterocycles. The van der Waals surface area contributed by atoms with Gasteiger partial charge in [0.1, 0.15) is 0 Å². The molecule has 0 amide bonds. The van der Waals surface area contributed by atoms with Gasteiger partial charge in [0, 0.05) is 23.3 Å². The molecular formula is C21H14ClNO5. The molecule has 0 heterocycles. The minimum Gasteiger partial charge on any atom is -0.445 e. The summed E-state index contributed by atoms with van der Waals surface area (Å²) in [7, 11) is 0. The molecule has 0 saturated carbocycles. The van der Waals surface area contributed by atoms with Crippen LogP contribution in [0.3, 0.4) is 0 Å². The van der Waals surface area contributed by atoms with Crippen molar-refractivity contribution in [1.82, 2.24) is 0 Å². The number of Topliss-reactive ketones (excluding diaryl/α,β-unsaturated/α-hetero) is 1. The van der Waals surface area contributed by atoms with Gasteiger partial charge in [-0.15, -0.1) is 0 Å². The summed E-state index contributed by atoms with van der Waals surface area (Å²) in [5, 5.41) is 10.7. The van der Waals surface area contributed by atoms with Crippen LogP contribution in [-0.2, 0) is 4.74 Å². The van der Waals surface area contributed by atoms with Crippen molar-refractivity contribution in [2.75, 3.05) is 0 Å². The van der Waals surface area contributed by atoms with Gasteiger partial charge in [0.05, 0.1) is 15.5 Å². The van der Waals surface area contributed by atoms with Crippen molar-refractivity contribution in [1.29, 1.82) is 0 Å². The van der Waals surface area contributed by atoms with Gasteiger partial charge in [-0.05, 0) is 6.07 Å². The van der Waals surface area contributed by atoms with Crippen molar-refractivity contribution in [2.45, 2.75) is 6.10 Å². The summed E-state index contributed by atoms with van der Waals surface area (Å²) in [5.41, 5.74) is 0.581. The molecule has 0 aliphatic heterocycles. The van der Waals surface area contributed by atoms with Crippen LogP contribution in [0.5, 0.6) is 0 Å². The molecule has 3 aromatic carbocycles. The maximum atomic E-state index is 12.9. The summed E-state index contributed by atoms with van der Waals surface area (Å²) in [6.07, 6.45) is -1.18. The lowest BCUT2D eigenvalue weighted by molar-refractivity contribution is -0.384. The summed E-state index contributed by atoms with van der Waals surface area (Å²) in [6, 6.07) is 20.5. The number of ketones is 1. The number of non-ortho nitro benzene ring substituents is 1. The first-order valence-electron chi connectivity index (χ1n) is 8.26. The van der Waals surface area contributed by atoms with Gasteiger partial charge in [-0.2, -0.15) is 0 Å². The number of carbonyl (C=O) groups excluding carboxylic acids is 2. The van der Waals surface area contributed by atoms with E-state index in [1.54, 1.807) is 60.7 Å². The molecule has 0 aliphatic rings. The molecule has 0 spiro atoms. The third-order valence-electron chi connectivity index (χ3n) is 4.01. The van der Waals surface area contributed by atoms with Crippen LogP contribution in [0.1, 0.15) is 32.4 Å². The normalized spacial score (nSPS) is 11.5. The topological polar surface area (TPSA) is 86.5 Å². The molecule has 0 aliphatic carbocycles. The number of nitro groups is 1. The Morgan fingerprint density at radius 1 is 0.929 bits per heavy atom. The number of rotatable bonds is 6. The van der Waals surface area contributed by atoms with E-state index in [1.165, 1.54) is 6.07 Å². The van der Waals surface area contributed by atoms with Gasteiger partial charge < -0.3 is 4.74 Å². The average molecular weight is 396 g/mol. The minimum absolute atomic E-state index is 0.0611. The van der Waals surface area contributed by atoms with Crippen LogP contribution in [0.4, 0.5) is 5.69 Å². The monoisotopic (exact) mass is 395 g/mol. The highest BCUT2D eigenvalue weighted by molar-refractivity contribution is 6.33. The number of nitrogens with zero attached hydrogens (tertiary/aromatic N) is 1. The van der Waals surface area contributed by atoms with E-state index in [0.717, 1.165) is 12.1 Å². The van der Waals surface area contributed by atoms with E-state index in [2.05, 4.69) is 0 Å². The van der Waals surface area contributed by atoms with E-state index < -0.39 is 22.8 Å². The van der Waals surface area contributed by atoms with Crippen LogP contribution < -0.4 is 0 Å². The molecule has 0 N–H and O–H groups in total. The number of carbonyl (C=O) groups is 2. The van der Waals surface area contributed by atoms with Crippen LogP contribution >= 0.6 is 11.6 Å². The zero-order valence-corrected chi connectivity index (χ0v) is 15.2. The van der Waals surface area contributed by atoms with E-state index in [1.807, 2.05) is 0 Å². The van der Waals surface area contributed by atoms with E-state index in [4.69, 9.17) is 16.3 Å². The number of esters is 1. The van der Waals surface area contributed by atoms with E-state index in [9.17, 15) is 19.7 Å². The van der Waals surface area contributed by atoms with Crippen molar-refractivity contribution in [3.8, 4) is 0 Å². The molecule has 0 fully saturated rings. The first-order valence-corrected chi connectivity index (χ1v) is 8.64. The zero-order chi connectivity index (χ0) is 20.1. The summed E-state index contributed by atoms with van der Waals surface area (Å²) < 4.78 is 5.48. The number of ether oxygens (including phenoxy) is 1. The van der Waals surface area contributed by atoms with E-state index in [-0.39, 0.29) is 16.3 Å². The highest BCUT2D eigenvalue weighted by atomic mass is 35.5. The Morgan fingerprint density at radius 2 is 1.54 bits per heavy atom. The Hall–Kier alpha value is -3.51. The molecule has 0 aromatic heterocycles. The Balaban J connectivity index is 1.93. The van der Waals surface area contributed by atoms with Crippen molar-refractivity contribution in [3.05, 3.63) is 111 Å². The van der Waals surface area contributed by atoms with Gasteiger partial charge in [-0.25, -0.2) is 4.79 Å². The molecule has 1 atom stereocenters. The van der Waals surface area contributed by atoms with Gasteiger partial charge in [0.15, 0.2) is 6.10 Å². The van der Waals surface area contributed by atoms with E-state index in [0.29, 0.717) is 11.1 Å². The average Bonchev–Trinajstić information content (AvgIpc) is 2.72. The summed E-state index contributed by atoms with van der Waals surface area (Å²) in [4.78, 5) is 35.8. The number of nitro benzene ring substituents is 1. The Bertz CT molecular complexity index is 1020. The van der Waals surface area contributed by atoms with Crippen LogP contribution in [0, 0.1) is 10.1 Å². The van der Waals surface area contributed by atoms with Crippen molar-refractivity contribution >= 4 is 29.0 Å². The first kappa shape index (κ1) is 19.3. The molecule has 28 heavy (non-hydrogen) atoms. The first-order chi connectivity index (χ1) is 13.5. The molecule has 0 unspecified atom stereocenters. The van der Waals surface area contributed by atoms with Crippen LogP contribution in [0.25, 0.3) is 0 Å². The molecule has 140 valence electrons. The molecule has 3 rings (SSSR count). The smallest absolute Gasteiger partial charge is 0.340 e. The van der Waals surface area contributed by atoms with Gasteiger partial charge in [-0.3, -0.25) is 14.9 Å². The lowest BCUT2D eigenvalue weighted by Crippen LogP contribution is -2.20. The fraction of sp³-hybridized carbons (Fsp3) is 0.0476. The predicted molar refractivity (Wildman–Crippen MR) is 103 cm³/mol. The fourth-order valence-electron chi connectivity index (χ4n) is 2.61. The summed E-state index contributed by atoms with van der Waals surface area (Å²) in [5.74, 6) is -1.24.